The van der Waals surface area contributed by atoms with Crippen LogP contribution in [-0.4, -0.2) is 41.8 Å². The van der Waals surface area contributed by atoms with Crippen LogP contribution in [0.3, 0.4) is 0 Å². The summed E-state index contributed by atoms with van der Waals surface area (Å²) in [7, 11) is 0. The Morgan fingerprint density at radius 1 is 0.727 bits per heavy atom. The summed E-state index contributed by atoms with van der Waals surface area (Å²) in [5.74, 6) is -1.34. The van der Waals surface area contributed by atoms with E-state index in [0.717, 1.165) is 16.7 Å². The Hall–Kier alpha value is -2.54. The zero-order chi connectivity index (χ0) is 22.7. The number of rotatable bonds is 8. The first kappa shape index (κ1) is 22.3. The van der Waals surface area contributed by atoms with E-state index in [0.29, 0.717) is 32.9 Å². The molecule has 0 aliphatic carbocycles. The Bertz CT molecular complexity index is 962. The Morgan fingerprint density at radius 3 is 1.61 bits per heavy atom. The van der Waals surface area contributed by atoms with Crippen LogP contribution in [0.25, 0.3) is 0 Å². The van der Waals surface area contributed by atoms with Crippen LogP contribution < -0.4 is 0 Å². The van der Waals surface area contributed by atoms with Crippen molar-refractivity contribution in [3.63, 3.8) is 0 Å². The molecule has 5 heteroatoms. The number of fused-ring (bicyclic) bond motifs is 3. The van der Waals surface area contributed by atoms with Crippen LogP contribution in [-0.2, 0) is 27.3 Å². The molecule has 0 saturated carbocycles. The van der Waals surface area contributed by atoms with Gasteiger partial charge in [-0.15, -0.1) is 0 Å². The fourth-order valence-corrected chi connectivity index (χ4v) is 4.67. The molecule has 6 rings (SSSR count). The molecule has 3 fully saturated rings. The van der Waals surface area contributed by atoms with Crippen molar-refractivity contribution in [2.75, 3.05) is 19.8 Å². The van der Waals surface area contributed by atoms with Crippen LogP contribution in [0.1, 0.15) is 29.7 Å². The standard InChI is InChI=1S/C28H31NO4/c1-27-19-31-28(32-20-27,33-21-27)26(25(30)24-15-9-4-10-16-24)29(17-22-11-5-2-6-12-22)18-23-13-7-3-8-14-23/h2-16,25-26,30H,17-21H2,1H3/t25-,26+,27?,28?/m1/s1. The molecule has 0 spiro atoms. The molecule has 2 bridgehead atoms. The highest BCUT2D eigenvalue weighted by Gasteiger charge is 2.58. The average molecular weight is 446 g/mol. The monoisotopic (exact) mass is 445 g/mol. The topological polar surface area (TPSA) is 51.2 Å². The van der Waals surface area contributed by atoms with E-state index in [4.69, 9.17) is 14.2 Å². The van der Waals surface area contributed by atoms with Gasteiger partial charge in [0.05, 0.1) is 19.8 Å². The second-order valence-electron chi connectivity index (χ2n) is 9.46. The lowest BCUT2D eigenvalue weighted by Gasteiger charge is -2.55. The van der Waals surface area contributed by atoms with E-state index in [2.05, 4.69) is 36.1 Å². The van der Waals surface area contributed by atoms with Crippen molar-refractivity contribution in [3.8, 4) is 0 Å². The second-order valence-corrected chi connectivity index (χ2v) is 9.46. The number of hydrogen-bond donors (Lipinski definition) is 1. The third-order valence-corrected chi connectivity index (χ3v) is 6.52. The molecule has 172 valence electrons. The first-order chi connectivity index (χ1) is 16.1. The first-order valence-electron chi connectivity index (χ1n) is 11.5. The zero-order valence-electron chi connectivity index (χ0n) is 19.0. The molecule has 0 aromatic heterocycles. The lowest BCUT2D eigenvalue weighted by atomic mass is 9.89. The van der Waals surface area contributed by atoms with Gasteiger partial charge in [-0.3, -0.25) is 4.90 Å². The van der Waals surface area contributed by atoms with E-state index in [1.807, 2.05) is 66.7 Å². The second kappa shape index (κ2) is 9.37. The zero-order valence-corrected chi connectivity index (χ0v) is 19.0. The fourth-order valence-electron chi connectivity index (χ4n) is 4.67. The molecule has 0 unspecified atom stereocenters. The molecule has 3 aromatic rings. The minimum Gasteiger partial charge on any atom is -0.386 e. The first-order valence-corrected chi connectivity index (χ1v) is 11.5. The maximum atomic E-state index is 11.8. The van der Waals surface area contributed by atoms with Gasteiger partial charge in [-0.05, 0) is 16.7 Å². The van der Waals surface area contributed by atoms with Gasteiger partial charge >= 0.3 is 5.97 Å². The molecule has 3 aromatic carbocycles. The number of benzene rings is 3. The average Bonchev–Trinajstić information content (AvgIpc) is 2.87. The fraction of sp³-hybridized carbons (Fsp3) is 0.357. The Labute approximate surface area is 195 Å². The minimum absolute atomic E-state index is 0.159. The maximum absolute atomic E-state index is 11.8. The summed E-state index contributed by atoms with van der Waals surface area (Å²) in [6.07, 6.45) is -0.874. The van der Waals surface area contributed by atoms with Gasteiger partial charge in [0.25, 0.3) is 0 Å². The lowest BCUT2D eigenvalue weighted by Crippen LogP contribution is -2.68. The van der Waals surface area contributed by atoms with Gasteiger partial charge in [-0.1, -0.05) is 97.9 Å². The summed E-state index contributed by atoms with van der Waals surface area (Å²) >= 11 is 0. The van der Waals surface area contributed by atoms with Gasteiger partial charge in [0.15, 0.2) is 0 Å². The number of hydrogen-bond acceptors (Lipinski definition) is 5. The van der Waals surface area contributed by atoms with Gasteiger partial charge in [0.2, 0.25) is 0 Å². The largest absolute Gasteiger partial charge is 0.386 e. The third-order valence-electron chi connectivity index (χ3n) is 6.52. The SMILES string of the molecule is CC12COC([C@H]([C@H](O)c3ccccc3)N(Cc3ccccc3)Cc3ccccc3)(OC1)OC2. The predicted octanol–water partition coefficient (Wildman–Crippen LogP) is 4.53. The molecule has 3 aliphatic rings. The number of aliphatic hydroxyl groups is 1. The highest BCUT2D eigenvalue weighted by molar-refractivity contribution is 5.22. The van der Waals surface area contributed by atoms with Crippen molar-refractivity contribution in [1.82, 2.24) is 4.90 Å². The van der Waals surface area contributed by atoms with E-state index >= 15 is 0 Å². The third kappa shape index (κ3) is 4.74. The summed E-state index contributed by atoms with van der Waals surface area (Å²) < 4.78 is 18.8. The molecule has 3 saturated heterocycles. The molecule has 0 radical (unpaired) electrons. The van der Waals surface area contributed by atoms with Crippen molar-refractivity contribution in [3.05, 3.63) is 108 Å². The predicted molar refractivity (Wildman–Crippen MR) is 126 cm³/mol. The Balaban J connectivity index is 1.56. The van der Waals surface area contributed by atoms with E-state index in [1.54, 1.807) is 0 Å². The maximum Gasteiger partial charge on any atom is 0.302 e. The van der Waals surface area contributed by atoms with Crippen LogP contribution in [0.2, 0.25) is 0 Å². The van der Waals surface area contributed by atoms with Crippen molar-refractivity contribution < 1.29 is 19.3 Å². The molecule has 5 nitrogen and oxygen atoms in total. The van der Waals surface area contributed by atoms with Gasteiger partial charge in [-0.25, -0.2) is 0 Å². The quantitative estimate of drug-likeness (QED) is 0.552. The van der Waals surface area contributed by atoms with Crippen LogP contribution in [0, 0.1) is 5.41 Å². The van der Waals surface area contributed by atoms with E-state index in [-0.39, 0.29) is 5.41 Å². The number of nitrogens with zero attached hydrogens (tertiary/aromatic N) is 1. The molecule has 0 amide bonds. The molecule has 2 atom stereocenters. The Morgan fingerprint density at radius 2 is 1.15 bits per heavy atom. The van der Waals surface area contributed by atoms with Crippen molar-refractivity contribution in [2.45, 2.75) is 38.1 Å². The van der Waals surface area contributed by atoms with E-state index < -0.39 is 18.1 Å². The molecular weight excluding hydrogens is 414 g/mol. The molecule has 1 N–H and O–H groups in total. The minimum atomic E-state index is -1.34. The molecule has 3 aliphatic heterocycles. The van der Waals surface area contributed by atoms with E-state index in [9.17, 15) is 5.11 Å². The molecule has 33 heavy (non-hydrogen) atoms. The van der Waals surface area contributed by atoms with Gasteiger partial charge in [0, 0.05) is 18.5 Å². The summed E-state index contributed by atoms with van der Waals surface area (Å²) in [5, 5.41) is 11.8. The van der Waals surface area contributed by atoms with Crippen LogP contribution in [0.4, 0.5) is 0 Å². The van der Waals surface area contributed by atoms with E-state index in [1.165, 1.54) is 0 Å². The summed E-state index contributed by atoms with van der Waals surface area (Å²) in [6.45, 7) is 4.93. The molecule has 3 heterocycles. The smallest absolute Gasteiger partial charge is 0.302 e. The van der Waals surface area contributed by atoms with Gasteiger partial charge < -0.3 is 19.3 Å². The highest BCUT2D eigenvalue weighted by atomic mass is 16.9. The van der Waals surface area contributed by atoms with Crippen LogP contribution >= 0.6 is 0 Å². The van der Waals surface area contributed by atoms with Gasteiger partial charge in [0.1, 0.15) is 12.1 Å². The Kier molecular flexibility index (Phi) is 6.32. The number of aliphatic hydroxyl groups excluding tert-OH is 1. The number of ether oxygens (including phenoxy) is 3. The van der Waals surface area contributed by atoms with Gasteiger partial charge in [-0.2, -0.15) is 0 Å². The van der Waals surface area contributed by atoms with Crippen molar-refractivity contribution in [2.24, 2.45) is 5.41 Å². The summed E-state index contributed by atoms with van der Waals surface area (Å²) in [4.78, 5) is 2.22. The molecular formula is C28H31NO4. The van der Waals surface area contributed by atoms with Crippen molar-refractivity contribution in [1.29, 1.82) is 0 Å². The normalized spacial score (nSPS) is 26.3. The summed E-state index contributed by atoms with van der Waals surface area (Å²) in [5.41, 5.74) is 2.93. The van der Waals surface area contributed by atoms with Crippen LogP contribution in [0.5, 0.6) is 0 Å². The van der Waals surface area contributed by atoms with Crippen molar-refractivity contribution >= 4 is 0 Å². The highest BCUT2D eigenvalue weighted by Crippen LogP contribution is 2.45. The lowest BCUT2D eigenvalue weighted by molar-refractivity contribution is -0.487. The van der Waals surface area contributed by atoms with Crippen LogP contribution in [0.15, 0.2) is 91.0 Å². The summed E-state index contributed by atoms with van der Waals surface area (Å²) in [6, 6.07) is 29.7.